The number of aromatic nitrogens is 2. The number of hydrogen-bond acceptors (Lipinski definition) is 7. The highest BCUT2D eigenvalue weighted by Gasteiger charge is 2.29. The third-order valence-electron chi connectivity index (χ3n) is 3.54. The van der Waals surface area contributed by atoms with Gasteiger partial charge in [0, 0.05) is 13.1 Å². The summed E-state index contributed by atoms with van der Waals surface area (Å²) in [6.45, 7) is 3.01. The van der Waals surface area contributed by atoms with Crippen LogP contribution in [0, 0.1) is 16.0 Å². The van der Waals surface area contributed by atoms with Crippen molar-refractivity contribution >= 4 is 17.3 Å². The van der Waals surface area contributed by atoms with Crippen molar-refractivity contribution in [2.45, 2.75) is 25.9 Å². The molecular weight excluding hydrogens is 250 g/mol. The number of anilines is 2. The van der Waals surface area contributed by atoms with Crippen molar-refractivity contribution in [3.63, 3.8) is 0 Å². The number of aliphatic hydroxyl groups excluding tert-OH is 1. The van der Waals surface area contributed by atoms with Crippen molar-refractivity contribution in [1.29, 1.82) is 0 Å². The van der Waals surface area contributed by atoms with E-state index in [9.17, 15) is 15.2 Å². The van der Waals surface area contributed by atoms with E-state index >= 15 is 0 Å². The first kappa shape index (κ1) is 13.5. The van der Waals surface area contributed by atoms with Crippen molar-refractivity contribution in [2.24, 2.45) is 5.92 Å². The fourth-order valence-corrected chi connectivity index (χ4v) is 2.38. The molecule has 1 aromatic rings. The van der Waals surface area contributed by atoms with Crippen LogP contribution < -0.4 is 10.6 Å². The lowest BCUT2D eigenvalue weighted by Gasteiger charge is -2.33. The Morgan fingerprint density at radius 2 is 2.16 bits per heavy atom. The molecule has 1 saturated heterocycles. The Bertz CT molecular complexity index is 471. The van der Waals surface area contributed by atoms with Crippen LogP contribution in [0.25, 0.3) is 0 Å². The first-order chi connectivity index (χ1) is 9.00. The predicted molar refractivity (Wildman–Crippen MR) is 69.7 cm³/mol. The molecule has 2 heterocycles. The summed E-state index contributed by atoms with van der Waals surface area (Å²) in [5, 5.41) is 20.6. The molecule has 1 atom stereocenters. The minimum atomic E-state index is -0.550. The maximum atomic E-state index is 11.0. The Kier molecular flexibility index (Phi) is 3.79. The van der Waals surface area contributed by atoms with Crippen molar-refractivity contribution in [2.75, 3.05) is 23.7 Å². The van der Waals surface area contributed by atoms with E-state index in [1.54, 1.807) is 6.92 Å². The van der Waals surface area contributed by atoms with E-state index < -0.39 is 4.92 Å². The van der Waals surface area contributed by atoms with Crippen molar-refractivity contribution in [3.05, 3.63) is 16.4 Å². The summed E-state index contributed by atoms with van der Waals surface area (Å²) in [6.07, 6.45) is 2.43. The van der Waals surface area contributed by atoms with Crippen LogP contribution in [0.5, 0.6) is 0 Å². The van der Waals surface area contributed by atoms with Crippen molar-refractivity contribution in [1.82, 2.24) is 9.97 Å². The monoisotopic (exact) mass is 267 g/mol. The molecule has 0 amide bonds. The number of rotatable bonds is 3. The van der Waals surface area contributed by atoms with Crippen LogP contribution in [-0.2, 0) is 0 Å². The minimum Gasteiger partial charge on any atom is -0.393 e. The molecule has 0 aromatic carbocycles. The summed E-state index contributed by atoms with van der Waals surface area (Å²) in [5.41, 5.74) is 5.31. The van der Waals surface area contributed by atoms with Gasteiger partial charge in [-0.3, -0.25) is 10.1 Å². The Balaban J connectivity index is 2.20. The molecule has 0 aliphatic carbocycles. The maximum Gasteiger partial charge on any atom is 0.353 e. The molecule has 0 saturated carbocycles. The van der Waals surface area contributed by atoms with E-state index in [0.29, 0.717) is 13.1 Å². The van der Waals surface area contributed by atoms with E-state index in [-0.39, 0.29) is 29.3 Å². The number of aliphatic hydroxyl groups is 1. The van der Waals surface area contributed by atoms with Gasteiger partial charge in [-0.1, -0.05) is 0 Å². The number of nitrogen functional groups attached to an aromatic ring is 1. The van der Waals surface area contributed by atoms with Gasteiger partial charge in [-0.05, 0) is 25.7 Å². The Morgan fingerprint density at radius 3 is 2.68 bits per heavy atom. The standard InChI is InChI=1S/C11H17N5O3/c1-7(17)8-2-4-15(5-3-8)11-9(16(18)19)10(12)13-6-14-11/h6-8,17H,2-5H2,1H3,(H2,12,13,14). The Morgan fingerprint density at radius 1 is 1.53 bits per heavy atom. The molecular formula is C11H17N5O3. The highest BCUT2D eigenvalue weighted by atomic mass is 16.6. The molecule has 1 aliphatic heterocycles. The number of nitro groups is 1. The second-order valence-electron chi connectivity index (χ2n) is 4.75. The van der Waals surface area contributed by atoms with E-state index in [0.717, 1.165) is 12.8 Å². The van der Waals surface area contributed by atoms with Gasteiger partial charge in [0.25, 0.3) is 0 Å². The molecule has 1 fully saturated rings. The lowest BCUT2D eigenvalue weighted by molar-refractivity contribution is -0.383. The lowest BCUT2D eigenvalue weighted by Crippen LogP contribution is -2.37. The van der Waals surface area contributed by atoms with Gasteiger partial charge >= 0.3 is 5.69 Å². The molecule has 2 rings (SSSR count). The zero-order valence-electron chi connectivity index (χ0n) is 10.7. The first-order valence-electron chi connectivity index (χ1n) is 6.18. The predicted octanol–water partition coefficient (Wildman–Crippen LogP) is 0.564. The van der Waals surface area contributed by atoms with Gasteiger partial charge in [-0.2, -0.15) is 0 Å². The van der Waals surface area contributed by atoms with E-state index in [4.69, 9.17) is 5.73 Å². The maximum absolute atomic E-state index is 11.0. The van der Waals surface area contributed by atoms with Gasteiger partial charge in [-0.15, -0.1) is 0 Å². The molecule has 0 bridgehead atoms. The summed E-state index contributed by atoms with van der Waals surface area (Å²) in [7, 11) is 0. The van der Waals surface area contributed by atoms with Gasteiger partial charge in [-0.25, -0.2) is 9.97 Å². The Labute approximate surface area is 110 Å². The zero-order valence-corrected chi connectivity index (χ0v) is 10.7. The summed E-state index contributed by atoms with van der Waals surface area (Å²) in [5.74, 6) is 0.378. The molecule has 1 unspecified atom stereocenters. The summed E-state index contributed by atoms with van der Waals surface area (Å²) >= 11 is 0. The van der Waals surface area contributed by atoms with Gasteiger partial charge in [0.15, 0.2) is 0 Å². The summed E-state index contributed by atoms with van der Waals surface area (Å²) in [4.78, 5) is 20.0. The van der Waals surface area contributed by atoms with Gasteiger partial charge in [0.05, 0.1) is 11.0 Å². The fraction of sp³-hybridized carbons (Fsp3) is 0.636. The zero-order chi connectivity index (χ0) is 14.0. The molecule has 8 heteroatoms. The SMILES string of the molecule is CC(O)C1CCN(c2ncnc(N)c2[N+](=O)[O-])CC1. The van der Waals surface area contributed by atoms with Crippen LogP contribution in [0.1, 0.15) is 19.8 Å². The largest absolute Gasteiger partial charge is 0.393 e. The molecule has 19 heavy (non-hydrogen) atoms. The second kappa shape index (κ2) is 5.35. The van der Waals surface area contributed by atoms with Crippen LogP contribution >= 0.6 is 0 Å². The van der Waals surface area contributed by atoms with Crippen LogP contribution in [0.4, 0.5) is 17.3 Å². The van der Waals surface area contributed by atoms with Gasteiger partial charge in [0.1, 0.15) is 6.33 Å². The topological polar surface area (TPSA) is 118 Å². The van der Waals surface area contributed by atoms with E-state index in [2.05, 4.69) is 9.97 Å². The second-order valence-corrected chi connectivity index (χ2v) is 4.75. The number of nitrogens with zero attached hydrogens (tertiary/aromatic N) is 4. The number of nitrogens with two attached hydrogens (primary N) is 1. The summed E-state index contributed by atoms with van der Waals surface area (Å²) in [6, 6.07) is 0. The van der Waals surface area contributed by atoms with Gasteiger partial charge < -0.3 is 15.7 Å². The average molecular weight is 267 g/mol. The highest BCUT2D eigenvalue weighted by molar-refractivity contribution is 5.68. The summed E-state index contributed by atoms with van der Waals surface area (Å²) < 4.78 is 0. The molecule has 1 aromatic heterocycles. The minimum absolute atomic E-state index is 0.118. The fourth-order valence-electron chi connectivity index (χ4n) is 2.38. The molecule has 1 aliphatic rings. The van der Waals surface area contributed by atoms with Crippen LogP contribution in [-0.4, -0.2) is 39.2 Å². The van der Waals surface area contributed by atoms with E-state index in [1.165, 1.54) is 6.33 Å². The average Bonchev–Trinajstić information content (AvgIpc) is 2.38. The molecule has 104 valence electrons. The molecule has 0 spiro atoms. The van der Waals surface area contributed by atoms with Crippen molar-refractivity contribution < 1.29 is 10.0 Å². The quantitative estimate of drug-likeness (QED) is 0.606. The smallest absolute Gasteiger partial charge is 0.353 e. The van der Waals surface area contributed by atoms with Gasteiger partial charge in [0.2, 0.25) is 11.6 Å². The normalized spacial score (nSPS) is 18.3. The Hall–Kier alpha value is -1.96. The third-order valence-corrected chi connectivity index (χ3v) is 3.54. The first-order valence-corrected chi connectivity index (χ1v) is 6.18. The molecule has 3 N–H and O–H groups in total. The lowest BCUT2D eigenvalue weighted by atomic mass is 9.92. The van der Waals surface area contributed by atoms with E-state index in [1.807, 2.05) is 4.90 Å². The molecule has 8 nitrogen and oxygen atoms in total. The molecule has 0 radical (unpaired) electrons. The number of hydrogen-bond donors (Lipinski definition) is 2. The van der Waals surface area contributed by atoms with Crippen molar-refractivity contribution in [3.8, 4) is 0 Å². The van der Waals surface area contributed by atoms with Crippen LogP contribution in [0.15, 0.2) is 6.33 Å². The van der Waals surface area contributed by atoms with Crippen LogP contribution in [0.3, 0.4) is 0 Å². The number of piperidine rings is 1. The third kappa shape index (κ3) is 2.73. The highest BCUT2D eigenvalue weighted by Crippen LogP contribution is 2.32. The van der Waals surface area contributed by atoms with Crippen LogP contribution in [0.2, 0.25) is 0 Å².